The molecule has 0 spiro atoms. The Hall–Kier alpha value is -2.15. The van der Waals surface area contributed by atoms with E-state index >= 15 is 0 Å². The van der Waals surface area contributed by atoms with Crippen LogP contribution in [0.1, 0.15) is 31.9 Å². The summed E-state index contributed by atoms with van der Waals surface area (Å²) >= 11 is 0. The molecule has 1 atom stereocenters. The Bertz CT molecular complexity index is 608. The first-order chi connectivity index (χ1) is 10.5. The van der Waals surface area contributed by atoms with Crippen molar-refractivity contribution in [2.45, 2.75) is 40.7 Å². The molecule has 128 valence electrons. The van der Waals surface area contributed by atoms with Crippen LogP contribution in [-0.2, 0) is 0 Å². The van der Waals surface area contributed by atoms with Crippen LogP contribution >= 0.6 is 0 Å². The number of likely N-dealkylation sites (N-methyl/N-ethyl adjacent to an activating group) is 1. The molecule has 0 aliphatic heterocycles. The number of benzene rings is 1. The van der Waals surface area contributed by atoms with Crippen LogP contribution in [0.5, 0.6) is 0 Å². The zero-order chi connectivity index (χ0) is 17.9. The van der Waals surface area contributed by atoms with Crippen LogP contribution in [0.2, 0.25) is 0 Å². The maximum absolute atomic E-state index is 12.5. The molecule has 0 aromatic heterocycles. The van der Waals surface area contributed by atoms with E-state index in [-0.39, 0.29) is 23.8 Å². The number of nitrogens with zero attached hydrogens (tertiary/aromatic N) is 2. The predicted octanol–water partition coefficient (Wildman–Crippen LogP) is 3.08. The second kappa shape index (κ2) is 6.95. The summed E-state index contributed by atoms with van der Waals surface area (Å²) in [5.41, 5.74) is 1.25. The molecule has 23 heavy (non-hydrogen) atoms. The molecule has 1 aromatic carbocycles. The molecule has 1 rings (SSSR count). The number of aliphatic hydroxyl groups excluding tert-OH is 1. The number of hydrogen-bond donors (Lipinski definition) is 2. The van der Waals surface area contributed by atoms with Gasteiger partial charge in [0.2, 0.25) is 0 Å². The lowest BCUT2D eigenvalue weighted by Gasteiger charge is -2.36. The molecule has 0 saturated heterocycles. The first kappa shape index (κ1) is 18.9. The van der Waals surface area contributed by atoms with E-state index in [0.29, 0.717) is 11.3 Å². The largest absolute Gasteiger partial charge is 0.394 e. The van der Waals surface area contributed by atoms with E-state index in [1.165, 1.54) is 11.0 Å². The van der Waals surface area contributed by atoms with Gasteiger partial charge in [0, 0.05) is 13.1 Å². The minimum atomic E-state index is -0.472. The highest BCUT2D eigenvalue weighted by Crippen LogP contribution is 2.30. The number of rotatable bonds is 4. The van der Waals surface area contributed by atoms with Crippen LogP contribution in [-0.4, -0.2) is 40.7 Å². The van der Waals surface area contributed by atoms with Crippen LogP contribution in [0, 0.1) is 29.4 Å². The van der Waals surface area contributed by atoms with Gasteiger partial charge in [-0.25, -0.2) is 4.79 Å². The Morgan fingerprint density at radius 3 is 2.39 bits per heavy atom. The quantitative estimate of drug-likeness (QED) is 0.657. The molecule has 0 radical (unpaired) electrons. The molecule has 0 bridgehead atoms. The van der Waals surface area contributed by atoms with Gasteiger partial charge in [-0.1, -0.05) is 26.8 Å². The van der Waals surface area contributed by atoms with E-state index < -0.39 is 11.0 Å². The highest BCUT2D eigenvalue weighted by molar-refractivity contribution is 5.92. The molecule has 0 heterocycles. The molecule has 1 unspecified atom stereocenters. The summed E-state index contributed by atoms with van der Waals surface area (Å²) in [5, 5.41) is 23.3. The normalized spacial score (nSPS) is 12.7. The third-order valence-corrected chi connectivity index (χ3v) is 4.03. The van der Waals surface area contributed by atoms with Crippen LogP contribution in [0.4, 0.5) is 16.2 Å². The topological polar surface area (TPSA) is 95.7 Å². The fourth-order valence-corrected chi connectivity index (χ4v) is 2.54. The minimum absolute atomic E-state index is 0.0388. The zero-order valence-electron chi connectivity index (χ0n) is 14.5. The first-order valence-corrected chi connectivity index (χ1v) is 7.40. The van der Waals surface area contributed by atoms with Crippen LogP contribution < -0.4 is 5.32 Å². The Labute approximate surface area is 136 Å². The van der Waals surface area contributed by atoms with Gasteiger partial charge >= 0.3 is 6.03 Å². The highest BCUT2D eigenvalue weighted by atomic mass is 16.6. The van der Waals surface area contributed by atoms with Gasteiger partial charge in [0.25, 0.3) is 5.69 Å². The van der Waals surface area contributed by atoms with Crippen molar-refractivity contribution in [1.82, 2.24) is 4.90 Å². The van der Waals surface area contributed by atoms with Gasteiger partial charge in [-0.2, -0.15) is 0 Å². The van der Waals surface area contributed by atoms with E-state index in [9.17, 15) is 20.0 Å². The van der Waals surface area contributed by atoms with Crippen molar-refractivity contribution in [2.24, 2.45) is 5.41 Å². The van der Waals surface area contributed by atoms with Crippen molar-refractivity contribution in [3.8, 4) is 0 Å². The third-order valence-electron chi connectivity index (χ3n) is 4.03. The number of carbonyl (C=O) groups is 1. The standard InChI is InChI=1S/C16H25N3O4/c1-10-7-8-12(19(22)23)11(2)14(10)17-15(21)18(6)13(9-20)16(3,4)5/h7-8,13,20H,9H2,1-6H3,(H,17,21). The maximum Gasteiger partial charge on any atom is 0.321 e. The summed E-state index contributed by atoms with van der Waals surface area (Å²) < 4.78 is 0. The number of nitrogens with one attached hydrogen (secondary N) is 1. The molecule has 0 fully saturated rings. The highest BCUT2D eigenvalue weighted by Gasteiger charge is 2.31. The summed E-state index contributed by atoms with van der Waals surface area (Å²) in [4.78, 5) is 24.5. The van der Waals surface area contributed by atoms with Gasteiger partial charge in [0.15, 0.2) is 0 Å². The molecular weight excluding hydrogens is 298 g/mol. The van der Waals surface area contributed by atoms with Crippen LogP contribution in [0.15, 0.2) is 12.1 Å². The van der Waals surface area contributed by atoms with Gasteiger partial charge in [-0.05, 0) is 24.8 Å². The monoisotopic (exact) mass is 323 g/mol. The lowest BCUT2D eigenvalue weighted by atomic mass is 9.86. The van der Waals surface area contributed by atoms with Gasteiger partial charge in [0.1, 0.15) is 0 Å². The van der Waals surface area contributed by atoms with Crippen LogP contribution in [0.3, 0.4) is 0 Å². The number of anilines is 1. The predicted molar refractivity (Wildman–Crippen MR) is 89.7 cm³/mol. The SMILES string of the molecule is Cc1ccc([N+](=O)[O-])c(C)c1NC(=O)N(C)C(CO)C(C)(C)C. The van der Waals surface area contributed by atoms with Gasteiger partial charge in [-0.15, -0.1) is 0 Å². The van der Waals surface area contributed by atoms with E-state index in [1.807, 2.05) is 20.8 Å². The summed E-state index contributed by atoms with van der Waals surface area (Å²) in [6.07, 6.45) is 0. The van der Waals surface area contributed by atoms with Crippen molar-refractivity contribution in [2.75, 3.05) is 19.0 Å². The van der Waals surface area contributed by atoms with Gasteiger partial charge < -0.3 is 15.3 Å². The second-order valence-corrected chi connectivity index (χ2v) is 6.76. The van der Waals surface area contributed by atoms with E-state index in [1.54, 1.807) is 27.0 Å². The summed E-state index contributed by atoms with van der Waals surface area (Å²) in [6.45, 7) is 9.01. The van der Waals surface area contributed by atoms with E-state index in [0.717, 1.165) is 5.56 Å². The fourth-order valence-electron chi connectivity index (χ4n) is 2.54. The van der Waals surface area contributed by atoms with Crippen molar-refractivity contribution in [3.63, 3.8) is 0 Å². The zero-order valence-corrected chi connectivity index (χ0v) is 14.5. The number of urea groups is 1. The summed E-state index contributed by atoms with van der Waals surface area (Å²) in [7, 11) is 1.60. The van der Waals surface area contributed by atoms with Crippen molar-refractivity contribution in [3.05, 3.63) is 33.4 Å². The van der Waals surface area contributed by atoms with Gasteiger partial charge in [-0.3, -0.25) is 10.1 Å². The first-order valence-electron chi connectivity index (χ1n) is 7.40. The maximum atomic E-state index is 12.5. The summed E-state index contributed by atoms with van der Waals surface area (Å²) in [6, 6.07) is 2.25. The number of aryl methyl sites for hydroxylation is 1. The van der Waals surface area contributed by atoms with Crippen molar-refractivity contribution in [1.29, 1.82) is 0 Å². The van der Waals surface area contributed by atoms with E-state index in [4.69, 9.17) is 0 Å². The number of amides is 2. The summed E-state index contributed by atoms with van der Waals surface area (Å²) in [5.74, 6) is 0. The molecule has 2 N–H and O–H groups in total. The Kier molecular flexibility index (Phi) is 5.71. The molecule has 2 amide bonds. The third kappa shape index (κ3) is 4.19. The lowest BCUT2D eigenvalue weighted by Crippen LogP contribution is -2.49. The number of hydrogen-bond acceptors (Lipinski definition) is 4. The van der Waals surface area contributed by atoms with Gasteiger partial charge in [0.05, 0.1) is 28.8 Å². The van der Waals surface area contributed by atoms with E-state index in [2.05, 4.69) is 5.32 Å². The Morgan fingerprint density at radius 1 is 1.39 bits per heavy atom. The van der Waals surface area contributed by atoms with Crippen LogP contribution in [0.25, 0.3) is 0 Å². The molecule has 0 saturated carbocycles. The average molecular weight is 323 g/mol. The average Bonchev–Trinajstić information content (AvgIpc) is 2.41. The fraction of sp³-hybridized carbons (Fsp3) is 0.562. The Morgan fingerprint density at radius 2 is 1.96 bits per heavy atom. The Balaban J connectivity index is 3.10. The lowest BCUT2D eigenvalue weighted by molar-refractivity contribution is -0.385. The minimum Gasteiger partial charge on any atom is -0.394 e. The molecule has 7 nitrogen and oxygen atoms in total. The van der Waals surface area contributed by atoms with Crippen molar-refractivity contribution < 1.29 is 14.8 Å². The second-order valence-electron chi connectivity index (χ2n) is 6.76. The molecule has 1 aromatic rings. The van der Waals surface area contributed by atoms with Crippen molar-refractivity contribution >= 4 is 17.4 Å². The smallest absolute Gasteiger partial charge is 0.321 e. The number of aliphatic hydroxyl groups is 1. The molecule has 7 heteroatoms. The molecular formula is C16H25N3O4. The molecule has 0 aliphatic carbocycles. The molecule has 0 aliphatic rings. The number of carbonyl (C=O) groups excluding carboxylic acids is 1. The number of nitro benzene ring substituents is 1. The number of nitro groups is 1.